The summed E-state index contributed by atoms with van der Waals surface area (Å²) in [5.41, 5.74) is 5.30. The quantitative estimate of drug-likeness (QED) is 0.899. The van der Waals surface area contributed by atoms with Crippen molar-refractivity contribution >= 4 is 5.91 Å². The van der Waals surface area contributed by atoms with Crippen molar-refractivity contribution in [3.8, 4) is 0 Å². The van der Waals surface area contributed by atoms with E-state index in [1.807, 2.05) is 19.9 Å². The normalized spacial score (nSPS) is 13.2. The van der Waals surface area contributed by atoms with Gasteiger partial charge in [0.05, 0.1) is 5.69 Å². The van der Waals surface area contributed by atoms with E-state index >= 15 is 0 Å². The second-order valence-electron chi connectivity index (χ2n) is 5.38. The summed E-state index contributed by atoms with van der Waals surface area (Å²) in [6, 6.07) is 8.20. The molecule has 0 saturated carbocycles. The van der Waals surface area contributed by atoms with Crippen LogP contribution in [0.15, 0.2) is 24.3 Å². The number of rotatable bonds is 4. The molecular formula is C16H20N4O. The number of hydrogen-bond donors (Lipinski definition) is 2. The van der Waals surface area contributed by atoms with Crippen LogP contribution in [0.25, 0.3) is 0 Å². The number of carbonyl (C=O) groups excluding carboxylic acids is 1. The summed E-state index contributed by atoms with van der Waals surface area (Å²) < 4.78 is 1.73. The Morgan fingerprint density at radius 1 is 1.33 bits per heavy atom. The van der Waals surface area contributed by atoms with Gasteiger partial charge in [0.15, 0.2) is 0 Å². The first kappa shape index (κ1) is 13.8. The number of hydrogen-bond acceptors (Lipinski definition) is 3. The highest BCUT2D eigenvalue weighted by Gasteiger charge is 2.14. The third-order valence-electron chi connectivity index (χ3n) is 3.79. The third kappa shape index (κ3) is 2.83. The molecule has 1 aromatic heterocycles. The Labute approximate surface area is 124 Å². The maximum absolute atomic E-state index is 12.3. The number of benzene rings is 1. The van der Waals surface area contributed by atoms with Crippen LogP contribution < -0.4 is 10.6 Å². The predicted octanol–water partition coefficient (Wildman–Crippen LogP) is 1.74. The molecule has 110 valence electrons. The number of aromatic nitrogens is 2. The molecular weight excluding hydrogens is 264 g/mol. The van der Waals surface area contributed by atoms with Gasteiger partial charge in [0, 0.05) is 26.2 Å². The standard InChI is InChI=1S/C16H20N4O/c1-3-20-15(6-11(2)19-20)16(21)18-8-12-4-5-13-9-17-10-14(13)7-12/h4-7,17H,3,8-10H2,1-2H3,(H,18,21). The molecule has 5 nitrogen and oxygen atoms in total. The highest BCUT2D eigenvalue weighted by Crippen LogP contribution is 2.17. The average Bonchev–Trinajstić information content (AvgIpc) is 3.09. The Balaban J connectivity index is 1.68. The Morgan fingerprint density at radius 2 is 2.14 bits per heavy atom. The molecule has 0 fully saturated rings. The van der Waals surface area contributed by atoms with Crippen LogP contribution in [0.4, 0.5) is 0 Å². The lowest BCUT2D eigenvalue weighted by Gasteiger charge is -2.08. The van der Waals surface area contributed by atoms with Crippen LogP contribution >= 0.6 is 0 Å². The van der Waals surface area contributed by atoms with Crippen molar-refractivity contribution in [3.63, 3.8) is 0 Å². The van der Waals surface area contributed by atoms with Gasteiger partial charge in [-0.3, -0.25) is 9.48 Å². The van der Waals surface area contributed by atoms with Crippen LogP contribution in [0, 0.1) is 6.92 Å². The van der Waals surface area contributed by atoms with Gasteiger partial charge in [0.25, 0.3) is 5.91 Å². The molecule has 21 heavy (non-hydrogen) atoms. The zero-order valence-corrected chi connectivity index (χ0v) is 12.4. The molecule has 0 atom stereocenters. The molecule has 0 aliphatic carbocycles. The Kier molecular flexibility index (Phi) is 3.75. The second kappa shape index (κ2) is 5.69. The molecule has 0 bridgehead atoms. The van der Waals surface area contributed by atoms with E-state index in [2.05, 4.69) is 33.9 Å². The van der Waals surface area contributed by atoms with Gasteiger partial charge in [-0.1, -0.05) is 18.2 Å². The first-order valence-corrected chi connectivity index (χ1v) is 7.31. The SMILES string of the molecule is CCn1nc(C)cc1C(=O)NCc1ccc2c(c1)CNC2. The van der Waals surface area contributed by atoms with E-state index < -0.39 is 0 Å². The van der Waals surface area contributed by atoms with Crippen molar-refractivity contribution in [2.24, 2.45) is 0 Å². The zero-order valence-electron chi connectivity index (χ0n) is 12.4. The van der Waals surface area contributed by atoms with Crippen molar-refractivity contribution < 1.29 is 4.79 Å². The summed E-state index contributed by atoms with van der Waals surface area (Å²) in [6.07, 6.45) is 0. The lowest BCUT2D eigenvalue weighted by atomic mass is 10.1. The number of aryl methyl sites for hydroxylation is 2. The van der Waals surface area contributed by atoms with E-state index in [0.717, 1.165) is 24.3 Å². The molecule has 0 saturated heterocycles. The van der Waals surface area contributed by atoms with Crippen molar-refractivity contribution in [1.82, 2.24) is 20.4 Å². The van der Waals surface area contributed by atoms with Gasteiger partial charge in [-0.25, -0.2) is 0 Å². The molecule has 3 rings (SSSR count). The monoisotopic (exact) mass is 284 g/mol. The van der Waals surface area contributed by atoms with Gasteiger partial charge >= 0.3 is 0 Å². The van der Waals surface area contributed by atoms with Crippen molar-refractivity contribution in [2.75, 3.05) is 0 Å². The van der Waals surface area contributed by atoms with E-state index in [9.17, 15) is 4.79 Å². The van der Waals surface area contributed by atoms with E-state index in [0.29, 0.717) is 18.8 Å². The van der Waals surface area contributed by atoms with Crippen LogP contribution in [0.5, 0.6) is 0 Å². The van der Waals surface area contributed by atoms with E-state index in [4.69, 9.17) is 0 Å². The molecule has 0 unspecified atom stereocenters. The predicted molar refractivity (Wildman–Crippen MR) is 80.8 cm³/mol. The smallest absolute Gasteiger partial charge is 0.269 e. The first-order valence-electron chi connectivity index (χ1n) is 7.31. The van der Waals surface area contributed by atoms with E-state index in [1.165, 1.54) is 11.1 Å². The van der Waals surface area contributed by atoms with Gasteiger partial charge < -0.3 is 10.6 Å². The molecule has 0 radical (unpaired) electrons. The van der Waals surface area contributed by atoms with Crippen LogP contribution in [-0.2, 0) is 26.2 Å². The topological polar surface area (TPSA) is 59.0 Å². The fourth-order valence-corrected chi connectivity index (χ4v) is 2.70. The summed E-state index contributed by atoms with van der Waals surface area (Å²) >= 11 is 0. The average molecular weight is 284 g/mol. The highest BCUT2D eigenvalue weighted by atomic mass is 16.2. The lowest BCUT2D eigenvalue weighted by Crippen LogP contribution is -2.25. The maximum atomic E-state index is 12.3. The molecule has 1 aliphatic heterocycles. The van der Waals surface area contributed by atoms with E-state index in [-0.39, 0.29) is 5.91 Å². The minimum Gasteiger partial charge on any atom is -0.347 e. The number of nitrogens with one attached hydrogen (secondary N) is 2. The Hall–Kier alpha value is -2.14. The van der Waals surface area contributed by atoms with Crippen LogP contribution in [0.3, 0.4) is 0 Å². The van der Waals surface area contributed by atoms with Gasteiger partial charge in [-0.05, 0) is 36.6 Å². The molecule has 1 aromatic carbocycles. The van der Waals surface area contributed by atoms with Crippen molar-refractivity contribution in [2.45, 2.75) is 40.0 Å². The zero-order chi connectivity index (χ0) is 14.8. The Morgan fingerprint density at radius 3 is 2.95 bits per heavy atom. The largest absolute Gasteiger partial charge is 0.347 e. The fraction of sp³-hybridized carbons (Fsp3) is 0.375. The molecule has 2 aromatic rings. The maximum Gasteiger partial charge on any atom is 0.269 e. The van der Waals surface area contributed by atoms with E-state index in [1.54, 1.807) is 4.68 Å². The molecule has 1 amide bonds. The number of nitrogens with zero attached hydrogens (tertiary/aromatic N) is 2. The molecule has 0 spiro atoms. The molecule has 1 aliphatic rings. The number of carbonyl (C=O) groups is 1. The summed E-state index contributed by atoms with van der Waals surface area (Å²) in [5.74, 6) is -0.0731. The highest BCUT2D eigenvalue weighted by molar-refractivity contribution is 5.92. The van der Waals surface area contributed by atoms with Gasteiger partial charge in [0.1, 0.15) is 5.69 Å². The van der Waals surface area contributed by atoms with Gasteiger partial charge in [-0.2, -0.15) is 5.10 Å². The minimum atomic E-state index is -0.0731. The number of amides is 1. The minimum absolute atomic E-state index is 0.0731. The van der Waals surface area contributed by atoms with Crippen molar-refractivity contribution in [3.05, 3.63) is 52.3 Å². The first-order chi connectivity index (χ1) is 10.2. The molecule has 2 heterocycles. The van der Waals surface area contributed by atoms with Crippen LogP contribution in [-0.4, -0.2) is 15.7 Å². The summed E-state index contributed by atoms with van der Waals surface area (Å²) in [6.45, 7) is 6.98. The second-order valence-corrected chi connectivity index (χ2v) is 5.38. The molecule has 2 N–H and O–H groups in total. The van der Waals surface area contributed by atoms with Gasteiger partial charge in [-0.15, -0.1) is 0 Å². The summed E-state index contributed by atoms with van der Waals surface area (Å²) in [7, 11) is 0. The summed E-state index contributed by atoms with van der Waals surface area (Å²) in [4.78, 5) is 12.3. The van der Waals surface area contributed by atoms with Crippen LogP contribution in [0.2, 0.25) is 0 Å². The summed E-state index contributed by atoms with van der Waals surface area (Å²) in [5, 5.41) is 10.6. The fourth-order valence-electron chi connectivity index (χ4n) is 2.70. The van der Waals surface area contributed by atoms with Gasteiger partial charge in [0.2, 0.25) is 0 Å². The van der Waals surface area contributed by atoms with Crippen molar-refractivity contribution in [1.29, 1.82) is 0 Å². The third-order valence-corrected chi connectivity index (χ3v) is 3.79. The van der Waals surface area contributed by atoms with Crippen LogP contribution in [0.1, 0.15) is 39.8 Å². The number of fused-ring (bicyclic) bond motifs is 1. The Bertz CT molecular complexity index is 675. The lowest BCUT2D eigenvalue weighted by molar-refractivity contribution is 0.0940. The molecule has 5 heteroatoms.